The fourth-order valence-corrected chi connectivity index (χ4v) is 1.99. The Kier molecular flexibility index (Phi) is 2.92. The van der Waals surface area contributed by atoms with Crippen LogP contribution in [0, 0.1) is 0 Å². The number of nitrogens with zero attached hydrogens (tertiary/aromatic N) is 3. The first-order chi connectivity index (χ1) is 7.65. The van der Waals surface area contributed by atoms with E-state index in [1.54, 1.807) is 6.20 Å². The van der Waals surface area contributed by atoms with Crippen molar-refractivity contribution in [3.05, 3.63) is 24.7 Å². The number of hydrogen-bond acceptors (Lipinski definition) is 3. The molecule has 4 nitrogen and oxygen atoms in total. The summed E-state index contributed by atoms with van der Waals surface area (Å²) in [6.45, 7) is 5.14. The molecule has 0 unspecified atom stereocenters. The maximum atomic E-state index is 5.56. The van der Waals surface area contributed by atoms with E-state index in [1.807, 2.05) is 12.4 Å². The molecule has 0 atom stereocenters. The molecule has 0 bridgehead atoms. The van der Waals surface area contributed by atoms with Crippen LogP contribution in [0.4, 0.5) is 0 Å². The third-order valence-corrected chi connectivity index (χ3v) is 2.97. The topological polar surface area (TPSA) is 56.7 Å². The van der Waals surface area contributed by atoms with Crippen LogP contribution in [-0.4, -0.2) is 21.1 Å². The van der Waals surface area contributed by atoms with Gasteiger partial charge in [0.1, 0.15) is 0 Å². The highest BCUT2D eigenvalue weighted by molar-refractivity contribution is 5.70. The van der Waals surface area contributed by atoms with Crippen LogP contribution in [0.3, 0.4) is 0 Å². The van der Waals surface area contributed by atoms with E-state index in [2.05, 4.69) is 34.4 Å². The van der Waals surface area contributed by atoms with Crippen LogP contribution in [0.2, 0.25) is 0 Å². The molecule has 0 aliphatic heterocycles. The molecule has 0 saturated carbocycles. The van der Waals surface area contributed by atoms with Crippen LogP contribution in [0.15, 0.2) is 24.7 Å². The first-order valence-corrected chi connectivity index (χ1v) is 5.64. The summed E-state index contributed by atoms with van der Waals surface area (Å²) in [7, 11) is 0. The first-order valence-electron chi connectivity index (χ1n) is 5.64. The highest BCUT2D eigenvalue weighted by Gasteiger charge is 2.21. The second-order valence-electron chi connectivity index (χ2n) is 4.67. The molecule has 0 aliphatic rings. The highest BCUT2D eigenvalue weighted by atomic mass is 15.1. The molecule has 0 radical (unpaired) electrons. The van der Waals surface area contributed by atoms with Gasteiger partial charge in [0.15, 0.2) is 5.65 Å². The highest BCUT2D eigenvalue weighted by Crippen LogP contribution is 2.25. The van der Waals surface area contributed by atoms with Gasteiger partial charge in [0.25, 0.3) is 0 Å². The second-order valence-corrected chi connectivity index (χ2v) is 4.67. The summed E-state index contributed by atoms with van der Waals surface area (Å²) in [5.41, 5.74) is 7.50. The quantitative estimate of drug-likeness (QED) is 0.852. The molecular weight excluding hydrogens is 200 g/mol. The third-order valence-electron chi connectivity index (χ3n) is 2.97. The summed E-state index contributed by atoms with van der Waals surface area (Å²) in [6.07, 6.45) is 5.71. The largest absolute Gasteiger partial charge is 0.330 e. The molecule has 0 saturated heterocycles. The molecule has 2 aromatic rings. The van der Waals surface area contributed by atoms with Crippen molar-refractivity contribution in [1.82, 2.24) is 14.5 Å². The minimum absolute atomic E-state index is 0.0388. The fraction of sp³-hybridized carbons (Fsp3) is 0.500. The molecule has 0 fully saturated rings. The molecule has 86 valence electrons. The van der Waals surface area contributed by atoms with Crippen molar-refractivity contribution >= 4 is 11.2 Å². The zero-order chi connectivity index (χ0) is 11.6. The predicted molar refractivity (Wildman–Crippen MR) is 65.1 cm³/mol. The third kappa shape index (κ3) is 1.93. The van der Waals surface area contributed by atoms with Gasteiger partial charge in [-0.3, -0.25) is 0 Å². The molecule has 0 aromatic carbocycles. The van der Waals surface area contributed by atoms with Gasteiger partial charge in [-0.15, -0.1) is 0 Å². The van der Waals surface area contributed by atoms with Gasteiger partial charge in [0, 0.05) is 11.7 Å². The molecule has 0 aliphatic carbocycles. The van der Waals surface area contributed by atoms with Crippen molar-refractivity contribution in [2.24, 2.45) is 5.73 Å². The van der Waals surface area contributed by atoms with Crippen LogP contribution in [0.5, 0.6) is 0 Å². The van der Waals surface area contributed by atoms with E-state index in [4.69, 9.17) is 5.73 Å². The summed E-state index contributed by atoms with van der Waals surface area (Å²) in [5.74, 6) is 0. The van der Waals surface area contributed by atoms with Gasteiger partial charge in [0.2, 0.25) is 0 Å². The Morgan fingerprint density at radius 3 is 2.94 bits per heavy atom. The monoisotopic (exact) mass is 218 g/mol. The van der Waals surface area contributed by atoms with Crippen molar-refractivity contribution in [2.45, 2.75) is 32.2 Å². The smallest absolute Gasteiger partial charge is 0.177 e. The van der Waals surface area contributed by atoms with E-state index in [-0.39, 0.29) is 5.54 Å². The molecule has 16 heavy (non-hydrogen) atoms. The summed E-state index contributed by atoms with van der Waals surface area (Å²) < 4.78 is 2.19. The van der Waals surface area contributed by atoms with Crippen LogP contribution >= 0.6 is 0 Å². The van der Waals surface area contributed by atoms with E-state index < -0.39 is 0 Å². The molecule has 2 aromatic heterocycles. The standard InChI is InChI=1S/C12H18N4/c1-12(2,6-4-7-13)16-9-15-11-10(16)5-3-8-14-11/h3,5,8-9H,4,6-7,13H2,1-2H3. The number of fused-ring (bicyclic) bond motifs is 1. The average molecular weight is 218 g/mol. The summed E-state index contributed by atoms with van der Waals surface area (Å²) in [5, 5.41) is 0. The number of nitrogens with two attached hydrogens (primary N) is 1. The average Bonchev–Trinajstić information content (AvgIpc) is 2.71. The van der Waals surface area contributed by atoms with Gasteiger partial charge in [-0.05, 0) is 45.4 Å². The predicted octanol–water partition coefficient (Wildman–Crippen LogP) is 1.91. The van der Waals surface area contributed by atoms with Crippen LogP contribution < -0.4 is 5.73 Å². The van der Waals surface area contributed by atoms with Crippen LogP contribution in [0.25, 0.3) is 11.2 Å². The molecule has 2 heterocycles. The van der Waals surface area contributed by atoms with Gasteiger partial charge in [0.05, 0.1) is 11.8 Å². The van der Waals surface area contributed by atoms with Gasteiger partial charge in [-0.25, -0.2) is 9.97 Å². The minimum Gasteiger partial charge on any atom is -0.330 e. The van der Waals surface area contributed by atoms with Gasteiger partial charge in [-0.2, -0.15) is 0 Å². The van der Waals surface area contributed by atoms with Crippen LogP contribution in [0.1, 0.15) is 26.7 Å². The molecule has 2 rings (SSSR count). The number of pyridine rings is 1. The molecule has 4 heteroatoms. The van der Waals surface area contributed by atoms with E-state index in [0.29, 0.717) is 0 Å². The molecule has 2 N–H and O–H groups in total. The summed E-state index contributed by atoms with van der Waals surface area (Å²) >= 11 is 0. The van der Waals surface area contributed by atoms with E-state index in [9.17, 15) is 0 Å². The second kappa shape index (κ2) is 4.22. The zero-order valence-corrected chi connectivity index (χ0v) is 9.85. The van der Waals surface area contributed by atoms with Crippen molar-refractivity contribution in [3.63, 3.8) is 0 Å². The van der Waals surface area contributed by atoms with Crippen molar-refractivity contribution < 1.29 is 0 Å². The Balaban J connectivity index is 2.38. The van der Waals surface area contributed by atoms with Gasteiger partial charge >= 0.3 is 0 Å². The van der Waals surface area contributed by atoms with Crippen molar-refractivity contribution in [2.75, 3.05) is 6.54 Å². The number of aromatic nitrogens is 3. The maximum absolute atomic E-state index is 5.56. The number of imidazole rings is 1. The molecular formula is C12H18N4. The lowest BCUT2D eigenvalue weighted by Gasteiger charge is -2.27. The van der Waals surface area contributed by atoms with Crippen LogP contribution in [-0.2, 0) is 5.54 Å². The Bertz CT molecular complexity index is 473. The SMILES string of the molecule is CC(C)(CCCN)n1cnc2ncccc21. The Morgan fingerprint density at radius 1 is 1.38 bits per heavy atom. The van der Waals surface area contributed by atoms with Gasteiger partial charge in [-0.1, -0.05) is 0 Å². The Morgan fingerprint density at radius 2 is 2.19 bits per heavy atom. The lowest BCUT2D eigenvalue weighted by atomic mass is 9.98. The first kappa shape index (κ1) is 11.1. The van der Waals surface area contributed by atoms with Gasteiger partial charge < -0.3 is 10.3 Å². The Labute approximate surface area is 95.5 Å². The summed E-state index contributed by atoms with van der Waals surface area (Å²) in [4.78, 5) is 8.55. The van der Waals surface area contributed by atoms with E-state index in [0.717, 1.165) is 30.6 Å². The Hall–Kier alpha value is -1.42. The normalized spacial score (nSPS) is 12.2. The lowest BCUT2D eigenvalue weighted by molar-refractivity contribution is 0.329. The molecule has 0 spiro atoms. The zero-order valence-electron chi connectivity index (χ0n) is 9.85. The van der Waals surface area contributed by atoms with E-state index >= 15 is 0 Å². The number of hydrogen-bond donors (Lipinski definition) is 1. The molecule has 0 amide bonds. The number of rotatable bonds is 4. The fourth-order valence-electron chi connectivity index (χ4n) is 1.99. The summed E-state index contributed by atoms with van der Waals surface area (Å²) in [6, 6.07) is 4.00. The maximum Gasteiger partial charge on any atom is 0.177 e. The van der Waals surface area contributed by atoms with E-state index in [1.165, 1.54) is 0 Å². The van der Waals surface area contributed by atoms with Crippen molar-refractivity contribution in [3.8, 4) is 0 Å². The minimum atomic E-state index is 0.0388. The van der Waals surface area contributed by atoms with Crippen molar-refractivity contribution in [1.29, 1.82) is 0 Å². The lowest BCUT2D eigenvalue weighted by Crippen LogP contribution is -2.26.